The molecule has 3 N–H and O–H groups in total. The highest BCUT2D eigenvalue weighted by molar-refractivity contribution is 6.33. The van der Waals surface area contributed by atoms with Crippen LogP contribution >= 0.6 is 11.6 Å². The summed E-state index contributed by atoms with van der Waals surface area (Å²) in [6.45, 7) is 11.1. The summed E-state index contributed by atoms with van der Waals surface area (Å²) in [7, 11) is 1.87. The second-order valence-corrected chi connectivity index (χ2v) is 10.8. The quantitative estimate of drug-likeness (QED) is 0.559. The highest BCUT2D eigenvalue weighted by Crippen LogP contribution is 2.43. The van der Waals surface area contributed by atoms with Crippen LogP contribution in [0.2, 0.25) is 5.02 Å². The van der Waals surface area contributed by atoms with Crippen LogP contribution in [-0.2, 0) is 22.6 Å². The fourth-order valence-corrected chi connectivity index (χ4v) is 5.50. The lowest BCUT2D eigenvalue weighted by atomic mass is 9.85. The van der Waals surface area contributed by atoms with Gasteiger partial charge in [0.05, 0.1) is 16.4 Å². The molecule has 2 amide bonds. The Bertz CT molecular complexity index is 1140. The van der Waals surface area contributed by atoms with Gasteiger partial charge in [-0.3, -0.25) is 9.59 Å². The molecule has 0 bridgehead atoms. The minimum atomic E-state index is -0.156. The number of hydrogen-bond donors (Lipinski definition) is 3. The molecular weight excluding hydrogens is 450 g/mol. The first-order chi connectivity index (χ1) is 16.1. The molecule has 0 saturated heterocycles. The van der Waals surface area contributed by atoms with Gasteiger partial charge in [0.1, 0.15) is 5.82 Å². The number of nitrogens with zero attached hydrogens (tertiary/aromatic N) is 2. The Morgan fingerprint density at radius 2 is 2.00 bits per heavy atom. The number of amides is 2. The van der Waals surface area contributed by atoms with Crippen molar-refractivity contribution in [2.75, 3.05) is 12.4 Å². The van der Waals surface area contributed by atoms with Gasteiger partial charge in [-0.15, -0.1) is 0 Å². The third-order valence-corrected chi connectivity index (χ3v) is 7.20. The summed E-state index contributed by atoms with van der Waals surface area (Å²) in [4.78, 5) is 28.8. The predicted molar refractivity (Wildman–Crippen MR) is 136 cm³/mol. The summed E-state index contributed by atoms with van der Waals surface area (Å²) in [5.41, 5.74) is 5.15. The smallest absolute Gasteiger partial charge is 0.228 e. The van der Waals surface area contributed by atoms with Crippen LogP contribution in [0.3, 0.4) is 0 Å². The molecule has 2 aromatic rings. The molecule has 1 fully saturated rings. The first-order valence-electron chi connectivity index (χ1n) is 11.9. The fourth-order valence-electron chi connectivity index (χ4n) is 5.30. The second kappa shape index (κ2) is 9.45. The van der Waals surface area contributed by atoms with E-state index in [0.717, 1.165) is 54.7 Å². The maximum atomic E-state index is 13.0. The Hall–Kier alpha value is -2.80. The zero-order valence-corrected chi connectivity index (χ0v) is 21.2. The van der Waals surface area contributed by atoms with E-state index in [1.165, 1.54) is 12.6 Å². The van der Waals surface area contributed by atoms with E-state index in [-0.39, 0.29) is 29.2 Å². The highest BCUT2D eigenvalue weighted by atomic mass is 35.5. The molecule has 1 aliphatic heterocycles. The number of aromatic nitrogens is 2. The molecule has 7 nitrogen and oxygen atoms in total. The van der Waals surface area contributed by atoms with E-state index in [9.17, 15) is 9.59 Å². The fraction of sp³-hybridized carbons (Fsp3) is 0.500. The van der Waals surface area contributed by atoms with Gasteiger partial charge in [-0.05, 0) is 43.2 Å². The van der Waals surface area contributed by atoms with Gasteiger partial charge in [-0.1, -0.05) is 38.4 Å². The lowest BCUT2D eigenvalue weighted by Gasteiger charge is -2.28. The van der Waals surface area contributed by atoms with Crippen molar-refractivity contribution in [2.24, 2.45) is 11.3 Å². The number of hydrogen-bond acceptors (Lipinski definition) is 4. The number of carbonyl (C=O) groups excluding carboxylic acids is 2. The second-order valence-electron chi connectivity index (χ2n) is 10.3. The van der Waals surface area contributed by atoms with Gasteiger partial charge in [0.2, 0.25) is 11.8 Å². The molecule has 3 heterocycles. The van der Waals surface area contributed by atoms with E-state index in [4.69, 9.17) is 11.6 Å². The van der Waals surface area contributed by atoms with Crippen LogP contribution in [0.5, 0.6) is 0 Å². The summed E-state index contributed by atoms with van der Waals surface area (Å²) >= 11 is 6.62. The van der Waals surface area contributed by atoms with Crippen molar-refractivity contribution in [3.05, 3.63) is 41.3 Å². The van der Waals surface area contributed by atoms with Crippen molar-refractivity contribution in [1.82, 2.24) is 20.2 Å². The maximum Gasteiger partial charge on any atom is 0.228 e. The van der Waals surface area contributed by atoms with Gasteiger partial charge in [0, 0.05) is 55.5 Å². The molecule has 0 spiro atoms. The number of nitrogens with one attached hydrogen (secondary N) is 3. The normalized spacial score (nSPS) is 21.0. The average Bonchev–Trinajstić information content (AvgIpc) is 3.27. The standard InChI is InChI=1S/C26H34ClN5O2/c1-15(28-5)22-10-20(23-12-26(3,4)14-32(22)23)19-11-24(29-13-21(19)27)31-25(34)17-7-6-8-18(9-17)30-16(2)33/h10-11,13,17-18,28H,1,6-9,12,14H2,2-5H3,(H,30,33)(H,29,31,34)/t17-,18+/m0/s1. The Kier molecular flexibility index (Phi) is 6.76. The van der Waals surface area contributed by atoms with Gasteiger partial charge in [0.15, 0.2) is 0 Å². The lowest BCUT2D eigenvalue weighted by molar-refractivity contribution is -0.123. The van der Waals surface area contributed by atoms with E-state index in [2.05, 4.69) is 52.0 Å². The van der Waals surface area contributed by atoms with Gasteiger partial charge in [0.25, 0.3) is 0 Å². The molecule has 2 atom stereocenters. The first kappa shape index (κ1) is 24.3. The van der Waals surface area contributed by atoms with E-state index in [1.54, 1.807) is 6.20 Å². The van der Waals surface area contributed by atoms with Crippen LogP contribution < -0.4 is 16.0 Å². The zero-order valence-electron chi connectivity index (χ0n) is 20.4. The molecule has 0 radical (unpaired) electrons. The minimum absolute atomic E-state index is 0.0433. The van der Waals surface area contributed by atoms with Crippen LogP contribution in [0.25, 0.3) is 16.8 Å². The number of anilines is 1. The molecular formula is C26H34ClN5O2. The Labute approximate surface area is 206 Å². The number of rotatable bonds is 6. The average molecular weight is 484 g/mol. The third kappa shape index (κ3) is 4.99. The summed E-state index contributed by atoms with van der Waals surface area (Å²) in [5, 5.41) is 9.64. The van der Waals surface area contributed by atoms with Crippen molar-refractivity contribution in [2.45, 2.75) is 65.5 Å². The number of pyridine rings is 1. The van der Waals surface area contributed by atoms with E-state index in [1.807, 2.05) is 13.1 Å². The summed E-state index contributed by atoms with van der Waals surface area (Å²) < 4.78 is 2.31. The lowest BCUT2D eigenvalue weighted by Crippen LogP contribution is -2.40. The molecule has 2 aromatic heterocycles. The van der Waals surface area contributed by atoms with Crippen LogP contribution in [0.4, 0.5) is 5.82 Å². The van der Waals surface area contributed by atoms with Crippen LogP contribution in [0.1, 0.15) is 57.8 Å². The molecule has 182 valence electrons. The summed E-state index contributed by atoms with van der Waals surface area (Å²) in [6, 6.07) is 4.03. The molecule has 1 saturated carbocycles. The number of fused-ring (bicyclic) bond motifs is 1. The van der Waals surface area contributed by atoms with Crippen molar-refractivity contribution in [3.63, 3.8) is 0 Å². The number of carbonyl (C=O) groups is 2. The zero-order chi connectivity index (χ0) is 24.6. The van der Waals surface area contributed by atoms with Gasteiger partial charge < -0.3 is 20.5 Å². The SMILES string of the molecule is C=C(NC)c1cc(-c2cc(NC(=O)[C@H]3CCC[C@@H](NC(C)=O)C3)ncc2Cl)c2n1CC(C)(C)C2. The van der Waals surface area contributed by atoms with Crippen LogP contribution in [-0.4, -0.2) is 34.5 Å². The molecule has 0 aromatic carbocycles. The van der Waals surface area contributed by atoms with Crippen LogP contribution in [0.15, 0.2) is 24.9 Å². The van der Waals surface area contributed by atoms with E-state index < -0.39 is 0 Å². The Balaban J connectivity index is 1.60. The van der Waals surface area contributed by atoms with Gasteiger partial charge in [-0.2, -0.15) is 0 Å². The highest BCUT2D eigenvalue weighted by Gasteiger charge is 2.34. The largest absolute Gasteiger partial charge is 0.387 e. The van der Waals surface area contributed by atoms with Gasteiger partial charge >= 0.3 is 0 Å². The topological polar surface area (TPSA) is 88.0 Å². The molecule has 8 heteroatoms. The van der Waals surface area contributed by atoms with Crippen molar-refractivity contribution in [3.8, 4) is 11.1 Å². The third-order valence-electron chi connectivity index (χ3n) is 6.90. The molecule has 0 unspecified atom stereocenters. The summed E-state index contributed by atoms with van der Waals surface area (Å²) in [6.07, 6.45) is 5.79. The first-order valence-corrected chi connectivity index (χ1v) is 12.3. The van der Waals surface area contributed by atoms with Gasteiger partial charge in [-0.25, -0.2) is 4.98 Å². The van der Waals surface area contributed by atoms with E-state index in [0.29, 0.717) is 17.3 Å². The molecule has 2 aliphatic rings. The van der Waals surface area contributed by atoms with Crippen molar-refractivity contribution >= 4 is 34.9 Å². The Morgan fingerprint density at radius 3 is 2.71 bits per heavy atom. The molecule has 34 heavy (non-hydrogen) atoms. The maximum absolute atomic E-state index is 13.0. The van der Waals surface area contributed by atoms with Crippen molar-refractivity contribution < 1.29 is 9.59 Å². The van der Waals surface area contributed by atoms with Crippen molar-refractivity contribution in [1.29, 1.82) is 0 Å². The summed E-state index contributed by atoms with van der Waals surface area (Å²) in [5.74, 6) is 0.204. The molecule has 1 aliphatic carbocycles. The van der Waals surface area contributed by atoms with E-state index >= 15 is 0 Å². The van der Waals surface area contributed by atoms with Crippen LogP contribution in [0, 0.1) is 11.3 Å². The monoisotopic (exact) mass is 483 g/mol. The minimum Gasteiger partial charge on any atom is -0.387 e. The molecule has 4 rings (SSSR count). The number of halogens is 1. The predicted octanol–water partition coefficient (Wildman–Crippen LogP) is 4.61. The Morgan fingerprint density at radius 1 is 1.24 bits per heavy atom.